The summed E-state index contributed by atoms with van der Waals surface area (Å²) in [6.45, 7) is 2.04. The Morgan fingerprint density at radius 2 is 1.86 bits per heavy atom. The lowest BCUT2D eigenvalue weighted by molar-refractivity contribution is -0.119. The molecule has 2 aromatic rings. The van der Waals surface area contributed by atoms with Gasteiger partial charge < -0.3 is 20.9 Å². The highest BCUT2D eigenvalue weighted by atomic mass is 16.5. The fourth-order valence-electron chi connectivity index (χ4n) is 3.45. The molecule has 2 aromatic carbocycles. The lowest BCUT2D eigenvalue weighted by Crippen LogP contribution is -2.48. The SMILES string of the molecule is NC(=O)COc1ccc(C(=O)NC2CN(Cc3ccccc3)CCCC2O)cc1. The minimum absolute atomic E-state index is 0.211. The minimum Gasteiger partial charge on any atom is -0.484 e. The summed E-state index contributed by atoms with van der Waals surface area (Å²) in [7, 11) is 0. The van der Waals surface area contributed by atoms with E-state index in [-0.39, 0.29) is 18.6 Å². The van der Waals surface area contributed by atoms with E-state index in [1.54, 1.807) is 24.3 Å². The van der Waals surface area contributed by atoms with Crippen LogP contribution in [0.25, 0.3) is 0 Å². The number of nitrogens with zero attached hydrogens (tertiary/aromatic N) is 1. The Morgan fingerprint density at radius 3 is 2.55 bits per heavy atom. The van der Waals surface area contributed by atoms with Crippen LogP contribution in [-0.4, -0.2) is 53.7 Å². The predicted octanol–water partition coefficient (Wildman–Crippen LogP) is 1.31. The average molecular weight is 397 g/mol. The fourth-order valence-corrected chi connectivity index (χ4v) is 3.45. The number of hydrogen-bond acceptors (Lipinski definition) is 5. The molecule has 0 spiro atoms. The first-order valence-electron chi connectivity index (χ1n) is 9.77. The lowest BCUT2D eigenvalue weighted by atomic mass is 10.1. The zero-order valence-electron chi connectivity index (χ0n) is 16.3. The summed E-state index contributed by atoms with van der Waals surface area (Å²) in [5.74, 6) is -0.352. The van der Waals surface area contributed by atoms with Crippen LogP contribution < -0.4 is 15.8 Å². The van der Waals surface area contributed by atoms with Crippen molar-refractivity contribution in [3.8, 4) is 5.75 Å². The highest BCUT2D eigenvalue weighted by Gasteiger charge is 2.27. The van der Waals surface area contributed by atoms with Crippen molar-refractivity contribution in [2.24, 2.45) is 5.73 Å². The monoisotopic (exact) mass is 397 g/mol. The number of carbonyl (C=O) groups excluding carboxylic acids is 2. The number of rotatable bonds is 7. The Kier molecular flexibility index (Phi) is 7.21. The highest BCUT2D eigenvalue weighted by Crippen LogP contribution is 2.16. The molecular formula is C22H27N3O4. The van der Waals surface area contributed by atoms with Gasteiger partial charge in [-0.2, -0.15) is 0 Å². The zero-order chi connectivity index (χ0) is 20.6. The maximum absolute atomic E-state index is 12.7. The molecule has 0 aromatic heterocycles. The first-order valence-corrected chi connectivity index (χ1v) is 9.77. The lowest BCUT2D eigenvalue weighted by Gasteiger charge is -2.27. The molecule has 0 radical (unpaired) electrons. The van der Waals surface area contributed by atoms with E-state index in [9.17, 15) is 14.7 Å². The second-order valence-corrected chi connectivity index (χ2v) is 7.29. The van der Waals surface area contributed by atoms with E-state index in [1.165, 1.54) is 5.56 Å². The van der Waals surface area contributed by atoms with Crippen LogP contribution in [0.3, 0.4) is 0 Å². The van der Waals surface area contributed by atoms with Crippen molar-refractivity contribution in [3.63, 3.8) is 0 Å². The van der Waals surface area contributed by atoms with Gasteiger partial charge in [0.1, 0.15) is 5.75 Å². The van der Waals surface area contributed by atoms with Gasteiger partial charge in [0.15, 0.2) is 6.61 Å². The number of primary amides is 1. The second kappa shape index (κ2) is 10.0. The molecule has 4 N–H and O–H groups in total. The molecule has 7 heteroatoms. The number of likely N-dealkylation sites (tertiary alicyclic amines) is 1. The quantitative estimate of drug-likeness (QED) is 0.653. The summed E-state index contributed by atoms with van der Waals surface area (Å²) in [6, 6.07) is 16.3. The van der Waals surface area contributed by atoms with Gasteiger partial charge in [0.25, 0.3) is 11.8 Å². The minimum atomic E-state index is -0.585. The molecule has 1 saturated heterocycles. The largest absolute Gasteiger partial charge is 0.484 e. The number of aliphatic hydroxyl groups is 1. The van der Waals surface area contributed by atoms with Crippen molar-refractivity contribution in [1.82, 2.24) is 10.2 Å². The topological polar surface area (TPSA) is 105 Å². The summed E-state index contributed by atoms with van der Waals surface area (Å²) >= 11 is 0. The Hall–Kier alpha value is -2.90. The molecule has 2 unspecified atom stereocenters. The van der Waals surface area contributed by atoms with Crippen molar-refractivity contribution in [1.29, 1.82) is 0 Å². The molecule has 29 heavy (non-hydrogen) atoms. The number of nitrogens with one attached hydrogen (secondary N) is 1. The van der Waals surface area contributed by atoms with Crippen LogP contribution in [0.2, 0.25) is 0 Å². The smallest absolute Gasteiger partial charge is 0.255 e. The van der Waals surface area contributed by atoms with Crippen LogP contribution in [0.1, 0.15) is 28.8 Å². The van der Waals surface area contributed by atoms with Gasteiger partial charge in [-0.3, -0.25) is 14.5 Å². The average Bonchev–Trinajstić information content (AvgIpc) is 2.88. The molecular weight excluding hydrogens is 370 g/mol. The van der Waals surface area contributed by atoms with Crippen molar-refractivity contribution >= 4 is 11.8 Å². The van der Waals surface area contributed by atoms with Gasteiger partial charge in [0.2, 0.25) is 0 Å². The van der Waals surface area contributed by atoms with Crippen LogP contribution in [-0.2, 0) is 11.3 Å². The van der Waals surface area contributed by atoms with Gasteiger partial charge in [-0.15, -0.1) is 0 Å². The number of benzene rings is 2. The maximum Gasteiger partial charge on any atom is 0.255 e. The molecule has 1 heterocycles. The number of aliphatic hydroxyl groups excluding tert-OH is 1. The Balaban J connectivity index is 1.60. The van der Waals surface area contributed by atoms with Crippen molar-refractivity contribution in [3.05, 3.63) is 65.7 Å². The molecule has 2 atom stereocenters. The third-order valence-electron chi connectivity index (χ3n) is 4.96. The van der Waals surface area contributed by atoms with Crippen molar-refractivity contribution in [2.45, 2.75) is 31.5 Å². The van der Waals surface area contributed by atoms with Crippen LogP contribution >= 0.6 is 0 Å². The first-order chi connectivity index (χ1) is 14.0. The number of amides is 2. The summed E-state index contributed by atoms with van der Waals surface area (Å²) < 4.78 is 5.20. The number of hydrogen-bond donors (Lipinski definition) is 3. The Morgan fingerprint density at radius 1 is 1.14 bits per heavy atom. The molecule has 2 amide bonds. The molecule has 154 valence electrons. The van der Waals surface area contributed by atoms with Crippen LogP contribution in [0.15, 0.2) is 54.6 Å². The van der Waals surface area contributed by atoms with E-state index in [2.05, 4.69) is 22.3 Å². The summed E-state index contributed by atoms with van der Waals surface area (Å²) in [4.78, 5) is 25.7. The molecule has 3 rings (SSSR count). The molecule has 7 nitrogen and oxygen atoms in total. The molecule has 0 saturated carbocycles. The molecule has 1 aliphatic heterocycles. The van der Waals surface area contributed by atoms with Crippen molar-refractivity contribution in [2.75, 3.05) is 19.7 Å². The van der Waals surface area contributed by atoms with Crippen LogP contribution in [0.5, 0.6) is 5.75 Å². The van der Waals surface area contributed by atoms with Crippen LogP contribution in [0, 0.1) is 0 Å². The van der Waals surface area contributed by atoms with E-state index in [4.69, 9.17) is 10.5 Å². The second-order valence-electron chi connectivity index (χ2n) is 7.29. The molecule has 1 fully saturated rings. The standard InChI is InChI=1S/C22H27N3O4/c23-21(27)15-29-18-10-8-17(9-11-18)22(28)24-19-14-25(12-4-7-20(19)26)13-16-5-2-1-3-6-16/h1-3,5-6,8-11,19-20,26H,4,7,12-15H2,(H2,23,27)(H,24,28). The molecule has 0 aliphatic carbocycles. The van der Waals surface area contributed by atoms with Gasteiger partial charge in [0, 0.05) is 18.7 Å². The zero-order valence-corrected chi connectivity index (χ0v) is 16.3. The Bertz CT molecular complexity index is 811. The third kappa shape index (κ3) is 6.30. The van der Waals surface area contributed by atoms with Gasteiger partial charge in [-0.1, -0.05) is 30.3 Å². The maximum atomic E-state index is 12.7. The predicted molar refractivity (Wildman–Crippen MR) is 109 cm³/mol. The summed E-state index contributed by atoms with van der Waals surface area (Å²) in [6.07, 6.45) is 0.945. The summed E-state index contributed by atoms with van der Waals surface area (Å²) in [5.41, 5.74) is 6.72. The number of nitrogens with two attached hydrogens (primary N) is 1. The van der Waals surface area contributed by atoms with E-state index in [0.29, 0.717) is 24.3 Å². The van der Waals surface area contributed by atoms with Crippen LogP contribution in [0.4, 0.5) is 0 Å². The van der Waals surface area contributed by atoms with Gasteiger partial charge in [-0.05, 0) is 49.2 Å². The fraction of sp³-hybridized carbons (Fsp3) is 0.364. The van der Waals surface area contributed by atoms with Gasteiger partial charge in [-0.25, -0.2) is 0 Å². The number of carbonyl (C=O) groups is 2. The van der Waals surface area contributed by atoms with E-state index < -0.39 is 12.0 Å². The van der Waals surface area contributed by atoms with E-state index in [0.717, 1.165) is 19.5 Å². The van der Waals surface area contributed by atoms with Gasteiger partial charge in [0.05, 0.1) is 12.1 Å². The number of ether oxygens (including phenoxy) is 1. The highest BCUT2D eigenvalue weighted by molar-refractivity contribution is 5.94. The van der Waals surface area contributed by atoms with E-state index in [1.807, 2.05) is 18.2 Å². The normalized spacial score (nSPS) is 19.9. The molecule has 0 bridgehead atoms. The Labute approximate surface area is 170 Å². The van der Waals surface area contributed by atoms with Crippen molar-refractivity contribution < 1.29 is 19.4 Å². The van der Waals surface area contributed by atoms with Gasteiger partial charge >= 0.3 is 0 Å². The first kappa shape index (κ1) is 20.8. The summed E-state index contributed by atoms with van der Waals surface area (Å²) in [5, 5.41) is 13.5. The third-order valence-corrected chi connectivity index (χ3v) is 4.96. The van der Waals surface area contributed by atoms with E-state index >= 15 is 0 Å². The molecule has 1 aliphatic rings.